The number of rotatable bonds is 4. The third kappa shape index (κ3) is 2.55. The van der Waals surface area contributed by atoms with E-state index in [1.165, 1.54) is 11.1 Å². The van der Waals surface area contributed by atoms with Gasteiger partial charge >= 0.3 is 0 Å². The first-order valence-corrected chi connectivity index (χ1v) is 6.90. The lowest BCUT2D eigenvalue weighted by atomic mass is 10.2. The number of aromatic nitrogens is 1. The van der Waals surface area contributed by atoms with Crippen molar-refractivity contribution in [2.75, 3.05) is 0 Å². The Kier molecular flexibility index (Phi) is 3.98. The fourth-order valence-electron chi connectivity index (χ4n) is 2.33. The van der Waals surface area contributed by atoms with Gasteiger partial charge in [-0.15, -0.1) is 0 Å². The molecule has 1 heterocycles. The molecule has 3 heteroatoms. The summed E-state index contributed by atoms with van der Waals surface area (Å²) in [4.78, 5) is 0. The van der Waals surface area contributed by atoms with Crippen molar-refractivity contribution in [2.45, 2.75) is 46.3 Å². The highest BCUT2D eigenvalue weighted by molar-refractivity contribution is 6.35. The molecule has 0 fully saturated rings. The Balaban J connectivity index is 2.52. The Morgan fingerprint density at radius 1 is 1.22 bits per heavy atom. The van der Waals surface area contributed by atoms with Gasteiger partial charge in [0.05, 0.1) is 10.5 Å². The van der Waals surface area contributed by atoms with Crippen LogP contribution in [0.2, 0.25) is 5.02 Å². The lowest BCUT2D eigenvalue weighted by Gasteiger charge is -2.16. The zero-order chi connectivity index (χ0) is 13.3. The van der Waals surface area contributed by atoms with Crippen LogP contribution in [0.5, 0.6) is 0 Å². The van der Waals surface area contributed by atoms with Crippen LogP contribution in [0.3, 0.4) is 0 Å². The van der Waals surface area contributed by atoms with Gasteiger partial charge in [0.1, 0.15) is 0 Å². The molecule has 0 bridgehead atoms. The molecule has 0 atom stereocenters. The van der Waals surface area contributed by atoms with Gasteiger partial charge in [0.2, 0.25) is 0 Å². The second kappa shape index (κ2) is 5.33. The molecule has 98 valence electrons. The van der Waals surface area contributed by atoms with Crippen LogP contribution in [-0.4, -0.2) is 10.6 Å². The van der Waals surface area contributed by atoms with Gasteiger partial charge in [-0.25, -0.2) is 0 Å². The molecular formula is C15H21ClN2. The van der Waals surface area contributed by atoms with E-state index >= 15 is 0 Å². The average molecular weight is 265 g/mol. The molecule has 0 saturated carbocycles. The minimum absolute atomic E-state index is 0.409. The maximum Gasteiger partial charge on any atom is 0.0674 e. The van der Waals surface area contributed by atoms with E-state index in [1.54, 1.807) is 0 Å². The standard InChI is InChI=1S/C15H21ClN2/c1-10(2)17-9-13-8-12-6-5-7-14(16)15(12)18(13)11(3)4/h5-8,10-11,17H,9H2,1-4H3. The molecule has 2 aromatic rings. The van der Waals surface area contributed by atoms with E-state index < -0.39 is 0 Å². The number of nitrogens with zero attached hydrogens (tertiary/aromatic N) is 1. The average Bonchev–Trinajstić information content (AvgIpc) is 2.66. The molecule has 0 radical (unpaired) electrons. The van der Waals surface area contributed by atoms with Crippen LogP contribution in [0.15, 0.2) is 24.3 Å². The van der Waals surface area contributed by atoms with Crippen LogP contribution in [0.1, 0.15) is 39.4 Å². The van der Waals surface area contributed by atoms with E-state index in [-0.39, 0.29) is 0 Å². The topological polar surface area (TPSA) is 17.0 Å². The fraction of sp³-hybridized carbons (Fsp3) is 0.467. The number of para-hydroxylation sites is 1. The normalized spacial score (nSPS) is 11.9. The van der Waals surface area contributed by atoms with Crippen molar-refractivity contribution in [3.8, 4) is 0 Å². The van der Waals surface area contributed by atoms with E-state index in [9.17, 15) is 0 Å². The van der Waals surface area contributed by atoms with E-state index in [1.807, 2.05) is 12.1 Å². The number of fused-ring (bicyclic) bond motifs is 1. The van der Waals surface area contributed by atoms with Crippen LogP contribution >= 0.6 is 11.6 Å². The van der Waals surface area contributed by atoms with Crippen molar-refractivity contribution in [2.24, 2.45) is 0 Å². The first-order chi connectivity index (χ1) is 8.50. The lowest BCUT2D eigenvalue weighted by molar-refractivity contribution is 0.534. The molecular weight excluding hydrogens is 244 g/mol. The smallest absolute Gasteiger partial charge is 0.0674 e. The summed E-state index contributed by atoms with van der Waals surface area (Å²) in [6.45, 7) is 9.59. The van der Waals surface area contributed by atoms with E-state index in [0.717, 1.165) is 17.1 Å². The Morgan fingerprint density at radius 3 is 2.56 bits per heavy atom. The molecule has 0 aliphatic carbocycles. The maximum atomic E-state index is 6.34. The number of nitrogens with one attached hydrogen (secondary N) is 1. The molecule has 0 unspecified atom stereocenters. The van der Waals surface area contributed by atoms with Crippen molar-refractivity contribution in [3.63, 3.8) is 0 Å². The summed E-state index contributed by atoms with van der Waals surface area (Å²) in [7, 11) is 0. The summed E-state index contributed by atoms with van der Waals surface area (Å²) in [6, 6.07) is 9.22. The molecule has 0 spiro atoms. The van der Waals surface area contributed by atoms with Gasteiger partial charge in [0, 0.05) is 29.7 Å². The van der Waals surface area contributed by atoms with Crippen LogP contribution in [-0.2, 0) is 6.54 Å². The fourth-order valence-corrected chi connectivity index (χ4v) is 2.60. The quantitative estimate of drug-likeness (QED) is 0.868. The van der Waals surface area contributed by atoms with Crippen molar-refractivity contribution < 1.29 is 0 Å². The first kappa shape index (κ1) is 13.4. The van der Waals surface area contributed by atoms with Gasteiger partial charge in [-0.2, -0.15) is 0 Å². The van der Waals surface area contributed by atoms with E-state index in [4.69, 9.17) is 11.6 Å². The Morgan fingerprint density at radius 2 is 1.94 bits per heavy atom. The molecule has 1 N–H and O–H groups in total. The summed E-state index contributed by atoms with van der Waals surface area (Å²) in [6.07, 6.45) is 0. The van der Waals surface area contributed by atoms with Crippen molar-refractivity contribution >= 4 is 22.5 Å². The van der Waals surface area contributed by atoms with Gasteiger partial charge in [-0.3, -0.25) is 0 Å². The van der Waals surface area contributed by atoms with Gasteiger partial charge in [0.15, 0.2) is 0 Å². The van der Waals surface area contributed by atoms with Gasteiger partial charge in [0.25, 0.3) is 0 Å². The highest BCUT2D eigenvalue weighted by Crippen LogP contribution is 2.29. The minimum atomic E-state index is 0.409. The molecule has 0 saturated heterocycles. The molecule has 2 nitrogen and oxygen atoms in total. The molecule has 0 amide bonds. The number of hydrogen-bond donors (Lipinski definition) is 1. The van der Waals surface area contributed by atoms with Crippen LogP contribution in [0, 0.1) is 0 Å². The van der Waals surface area contributed by atoms with Gasteiger partial charge < -0.3 is 9.88 Å². The second-order valence-corrected chi connectivity index (χ2v) is 5.72. The molecule has 2 rings (SSSR count). The summed E-state index contributed by atoms with van der Waals surface area (Å²) >= 11 is 6.34. The molecule has 0 aliphatic rings. The second-order valence-electron chi connectivity index (χ2n) is 5.31. The summed E-state index contributed by atoms with van der Waals surface area (Å²) < 4.78 is 2.33. The Hall–Kier alpha value is -0.990. The minimum Gasteiger partial charge on any atom is -0.340 e. The van der Waals surface area contributed by atoms with Gasteiger partial charge in [-0.05, 0) is 26.0 Å². The maximum absolute atomic E-state index is 6.34. The molecule has 18 heavy (non-hydrogen) atoms. The predicted octanol–water partition coefficient (Wildman–Crippen LogP) is 4.37. The third-order valence-corrected chi connectivity index (χ3v) is 3.40. The van der Waals surface area contributed by atoms with Crippen molar-refractivity contribution in [3.05, 3.63) is 35.0 Å². The molecule has 1 aromatic heterocycles. The number of benzene rings is 1. The summed E-state index contributed by atoms with van der Waals surface area (Å²) in [5, 5.41) is 5.52. The predicted molar refractivity (Wildman–Crippen MR) is 79.3 cm³/mol. The number of hydrogen-bond acceptors (Lipinski definition) is 1. The third-order valence-electron chi connectivity index (χ3n) is 3.10. The lowest BCUT2D eigenvalue weighted by Crippen LogP contribution is -2.23. The van der Waals surface area contributed by atoms with Crippen LogP contribution in [0.4, 0.5) is 0 Å². The van der Waals surface area contributed by atoms with Crippen molar-refractivity contribution in [1.29, 1.82) is 0 Å². The van der Waals surface area contributed by atoms with Crippen LogP contribution in [0.25, 0.3) is 10.9 Å². The van der Waals surface area contributed by atoms with Crippen LogP contribution < -0.4 is 5.32 Å². The van der Waals surface area contributed by atoms with Crippen molar-refractivity contribution in [1.82, 2.24) is 9.88 Å². The molecule has 1 aromatic carbocycles. The summed E-state index contributed by atoms with van der Waals surface area (Å²) in [5.41, 5.74) is 2.44. The largest absolute Gasteiger partial charge is 0.340 e. The zero-order valence-corrected chi connectivity index (χ0v) is 12.3. The Labute approximate surface area is 114 Å². The molecule has 0 aliphatic heterocycles. The zero-order valence-electron chi connectivity index (χ0n) is 11.5. The highest BCUT2D eigenvalue weighted by Gasteiger charge is 2.13. The Bertz CT molecular complexity index is 541. The summed E-state index contributed by atoms with van der Waals surface area (Å²) in [5.74, 6) is 0. The monoisotopic (exact) mass is 264 g/mol. The number of halogens is 1. The highest BCUT2D eigenvalue weighted by atomic mass is 35.5. The van der Waals surface area contributed by atoms with Gasteiger partial charge in [-0.1, -0.05) is 37.6 Å². The first-order valence-electron chi connectivity index (χ1n) is 6.52. The van der Waals surface area contributed by atoms with E-state index in [2.05, 4.69) is 49.7 Å². The SMILES string of the molecule is CC(C)NCc1cc2cccc(Cl)c2n1C(C)C. The van der Waals surface area contributed by atoms with E-state index in [0.29, 0.717) is 12.1 Å².